The second kappa shape index (κ2) is 6.86. The molecule has 0 aliphatic carbocycles. The molecule has 0 aromatic heterocycles. The maximum Gasteiger partial charge on any atom is 0.766 e. The molecule has 0 fully saturated rings. The number of carbonyl (C=O) groups is 2. The molecule has 0 N–H and O–H groups in total. The standard InChI is InChI=1S/C8H8N6O12/c1-3(15)25-5-6(26-4(2)16)10(14(23)24)7(9-5)8(11(17)18,12(19)20)13(21)22/h5-6H,1-2H3. The SMILES string of the molecule is CC(=O)OC1N=C(C([N+](=O)[O-])([N+](=O)[O-])[N+](=O)[O-])N([N+](=O)[O-])C1OC(C)=O. The Morgan fingerprint density at radius 1 is 0.962 bits per heavy atom. The fourth-order valence-corrected chi connectivity index (χ4v) is 1.87. The molecule has 0 saturated heterocycles. The molecule has 0 radical (unpaired) electrons. The first-order valence-corrected chi connectivity index (χ1v) is 6.17. The van der Waals surface area contributed by atoms with Crippen molar-refractivity contribution in [3.8, 4) is 0 Å². The van der Waals surface area contributed by atoms with Crippen molar-refractivity contribution in [1.82, 2.24) is 5.01 Å². The van der Waals surface area contributed by atoms with Crippen LogP contribution in [0.1, 0.15) is 13.8 Å². The zero-order valence-electron chi connectivity index (χ0n) is 12.7. The summed E-state index contributed by atoms with van der Waals surface area (Å²) in [6, 6.07) is 0. The van der Waals surface area contributed by atoms with Gasteiger partial charge in [-0.25, -0.2) is 10.1 Å². The average Bonchev–Trinajstić information content (AvgIpc) is 2.75. The molecule has 2 unspecified atom stereocenters. The molecule has 1 aliphatic rings. The zero-order chi connectivity index (χ0) is 20.4. The smallest absolute Gasteiger partial charge is 0.433 e. The van der Waals surface area contributed by atoms with Gasteiger partial charge in [0, 0.05) is 13.8 Å². The van der Waals surface area contributed by atoms with Crippen LogP contribution < -0.4 is 0 Å². The quantitative estimate of drug-likeness (QED) is 0.204. The first-order valence-electron chi connectivity index (χ1n) is 6.17. The third-order valence-corrected chi connectivity index (χ3v) is 2.76. The Morgan fingerprint density at radius 2 is 1.38 bits per heavy atom. The predicted octanol–water partition coefficient (Wildman–Crippen LogP) is -1.85. The van der Waals surface area contributed by atoms with E-state index in [2.05, 4.69) is 14.5 Å². The number of esters is 2. The lowest BCUT2D eigenvalue weighted by Gasteiger charge is -2.20. The van der Waals surface area contributed by atoms with Crippen LogP contribution in [0, 0.1) is 40.5 Å². The predicted molar refractivity (Wildman–Crippen MR) is 71.1 cm³/mol. The Bertz CT molecular complexity index is 695. The second-order valence-corrected chi connectivity index (χ2v) is 4.44. The number of ether oxygens (including phenoxy) is 2. The molecule has 0 amide bonds. The van der Waals surface area contributed by atoms with Gasteiger partial charge in [-0.2, -0.15) is 4.99 Å². The van der Waals surface area contributed by atoms with Gasteiger partial charge in [0.2, 0.25) is 0 Å². The highest BCUT2D eigenvalue weighted by Crippen LogP contribution is 2.29. The second-order valence-electron chi connectivity index (χ2n) is 4.44. The average molecular weight is 380 g/mol. The Morgan fingerprint density at radius 3 is 1.69 bits per heavy atom. The highest BCUT2D eigenvalue weighted by atomic mass is 16.7. The summed E-state index contributed by atoms with van der Waals surface area (Å²) in [6.45, 7) is 1.51. The molecule has 1 rings (SSSR count). The molecule has 1 heterocycles. The first-order chi connectivity index (χ1) is 11.9. The van der Waals surface area contributed by atoms with Crippen LogP contribution in [0.2, 0.25) is 0 Å². The van der Waals surface area contributed by atoms with E-state index in [1.54, 1.807) is 0 Å². The molecule has 1 aliphatic heterocycles. The van der Waals surface area contributed by atoms with E-state index in [0.717, 1.165) is 13.8 Å². The zero-order valence-corrected chi connectivity index (χ0v) is 12.7. The van der Waals surface area contributed by atoms with Gasteiger partial charge >= 0.3 is 23.6 Å². The molecule has 0 aromatic rings. The minimum Gasteiger partial charge on any atom is -0.433 e. The minimum atomic E-state index is -4.51. The van der Waals surface area contributed by atoms with Crippen LogP contribution >= 0.6 is 0 Å². The topological polar surface area (TPSA) is 241 Å². The number of hydrogen-bond acceptors (Lipinski definition) is 13. The van der Waals surface area contributed by atoms with E-state index in [-0.39, 0.29) is 0 Å². The van der Waals surface area contributed by atoms with E-state index in [1.165, 1.54) is 0 Å². The van der Waals surface area contributed by atoms with Crippen LogP contribution in [-0.4, -0.2) is 60.8 Å². The van der Waals surface area contributed by atoms with Gasteiger partial charge in [-0.3, -0.25) is 39.9 Å². The van der Waals surface area contributed by atoms with Crippen LogP contribution in [0.5, 0.6) is 0 Å². The molecule has 18 nitrogen and oxygen atoms in total. The molecule has 26 heavy (non-hydrogen) atoms. The fraction of sp³-hybridized carbons (Fsp3) is 0.625. The third-order valence-electron chi connectivity index (χ3n) is 2.76. The van der Waals surface area contributed by atoms with Crippen molar-refractivity contribution < 1.29 is 38.9 Å². The lowest BCUT2D eigenvalue weighted by Crippen LogP contribution is -2.65. The van der Waals surface area contributed by atoms with Crippen LogP contribution in [0.4, 0.5) is 0 Å². The van der Waals surface area contributed by atoms with Crippen molar-refractivity contribution in [2.45, 2.75) is 32.1 Å². The minimum absolute atomic E-state index is 0.580. The number of rotatable bonds is 7. The summed E-state index contributed by atoms with van der Waals surface area (Å²) in [7, 11) is 0. The number of nitro groups is 4. The number of hydrogen-bond donors (Lipinski definition) is 0. The van der Waals surface area contributed by atoms with Gasteiger partial charge in [-0.15, -0.1) is 0 Å². The van der Waals surface area contributed by atoms with Crippen LogP contribution in [0.15, 0.2) is 4.99 Å². The maximum absolute atomic E-state index is 11.2. The van der Waals surface area contributed by atoms with Gasteiger partial charge < -0.3 is 9.47 Å². The molecular weight excluding hydrogens is 372 g/mol. The van der Waals surface area contributed by atoms with Crippen molar-refractivity contribution >= 4 is 17.8 Å². The van der Waals surface area contributed by atoms with Crippen molar-refractivity contribution in [2.75, 3.05) is 0 Å². The summed E-state index contributed by atoms with van der Waals surface area (Å²) in [5.74, 6) is -8.85. The Kier molecular flexibility index (Phi) is 5.29. The van der Waals surface area contributed by atoms with Gasteiger partial charge in [0.1, 0.15) is 0 Å². The van der Waals surface area contributed by atoms with E-state index in [1.807, 2.05) is 0 Å². The molecular formula is C8H8N6O12. The molecule has 0 aromatic carbocycles. The monoisotopic (exact) mass is 380 g/mol. The van der Waals surface area contributed by atoms with E-state index < -0.39 is 60.8 Å². The van der Waals surface area contributed by atoms with E-state index >= 15 is 0 Å². The lowest BCUT2D eigenvalue weighted by molar-refractivity contribution is -0.948. The summed E-state index contributed by atoms with van der Waals surface area (Å²) < 4.78 is 8.90. The number of carbonyl (C=O) groups excluding carboxylic acids is 2. The van der Waals surface area contributed by atoms with Gasteiger partial charge in [-0.1, -0.05) is 0 Å². The van der Waals surface area contributed by atoms with Gasteiger partial charge in [-0.05, 0) is 5.01 Å². The Balaban J connectivity index is 3.71. The van der Waals surface area contributed by atoms with E-state index in [4.69, 9.17) is 0 Å². The summed E-state index contributed by atoms with van der Waals surface area (Å²) in [5, 5.41) is 42.3. The van der Waals surface area contributed by atoms with Crippen molar-refractivity contribution in [3.63, 3.8) is 0 Å². The number of amidine groups is 1. The number of nitrogens with zero attached hydrogens (tertiary/aromatic N) is 6. The van der Waals surface area contributed by atoms with Crippen LogP contribution in [0.3, 0.4) is 0 Å². The van der Waals surface area contributed by atoms with Gasteiger partial charge in [0.15, 0.2) is 19.8 Å². The number of aliphatic imine (C=N–C) groups is 1. The third kappa shape index (κ3) is 3.14. The maximum atomic E-state index is 11.2. The number of hydrazine groups is 1. The van der Waals surface area contributed by atoms with Gasteiger partial charge in [0.25, 0.3) is 12.5 Å². The molecule has 2 atom stereocenters. The normalized spacial score (nSPS) is 19.3. The van der Waals surface area contributed by atoms with Crippen LogP contribution in [-0.2, 0) is 19.1 Å². The summed E-state index contributed by atoms with van der Waals surface area (Å²) in [4.78, 5) is 63.6. The largest absolute Gasteiger partial charge is 0.766 e. The van der Waals surface area contributed by atoms with Crippen LogP contribution in [0.25, 0.3) is 0 Å². The van der Waals surface area contributed by atoms with Crippen molar-refractivity contribution in [2.24, 2.45) is 4.99 Å². The molecule has 142 valence electrons. The lowest BCUT2D eigenvalue weighted by atomic mass is 10.3. The van der Waals surface area contributed by atoms with E-state index in [9.17, 15) is 50.0 Å². The summed E-state index contributed by atoms with van der Waals surface area (Å²) >= 11 is 0. The Hall–Kier alpha value is -3.99. The van der Waals surface area contributed by atoms with Gasteiger partial charge in [0.05, 0.1) is 0 Å². The summed E-state index contributed by atoms with van der Waals surface area (Å²) in [5.41, 5.74) is 0. The summed E-state index contributed by atoms with van der Waals surface area (Å²) in [6.07, 6.45) is -4.54. The molecule has 0 saturated carbocycles. The fourth-order valence-electron chi connectivity index (χ4n) is 1.87. The molecule has 0 spiro atoms. The Labute approximate surface area is 140 Å². The highest BCUT2D eigenvalue weighted by Gasteiger charge is 2.83. The highest BCUT2D eigenvalue weighted by molar-refractivity contribution is 5.88. The van der Waals surface area contributed by atoms with Crippen molar-refractivity contribution in [1.29, 1.82) is 0 Å². The van der Waals surface area contributed by atoms with E-state index in [0.29, 0.717) is 0 Å². The molecule has 18 heteroatoms. The molecule has 0 bridgehead atoms. The van der Waals surface area contributed by atoms with Crippen molar-refractivity contribution in [3.05, 3.63) is 40.5 Å². The first kappa shape index (κ1) is 20.1.